The fourth-order valence-corrected chi connectivity index (χ4v) is 5.74. The van der Waals surface area contributed by atoms with Crippen molar-refractivity contribution in [3.63, 3.8) is 0 Å². The van der Waals surface area contributed by atoms with Crippen LogP contribution < -0.4 is 9.47 Å². The first-order chi connectivity index (χ1) is 21.4. The monoisotopic (exact) mass is 575 g/mol. The van der Waals surface area contributed by atoms with E-state index in [0.717, 1.165) is 55.7 Å². The molecule has 5 nitrogen and oxygen atoms in total. The molecule has 2 aromatic heterocycles. The van der Waals surface area contributed by atoms with E-state index >= 15 is 0 Å². The Hall–Kier alpha value is -5.73. The normalized spacial score (nSPS) is 11.2. The Labute approximate surface area is 255 Å². The number of aryl methyl sites for hydroxylation is 2. The molecule has 0 amide bonds. The van der Waals surface area contributed by atoms with E-state index in [-0.39, 0.29) is 0 Å². The molecule has 0 radical (unpaired) electrons. The van der Waals surface area contributed by atoms with E-state index in [2.05, 4.69) is 74.5 Å². The molecule has 7 rings (SSSR count). The van der Waals surface area contributed by atoms with E-state index in [1.165, 1.54) is 11.1 Å². The van der Waals surface area contributed by atoms with Crippen LogP contribution in [-0.2, 0) is 0 Å². The Balaban J connectivity index is 1.55. The second kappa shape index (κ2) is 10.8. The molecular formula is C39H29NO4. The van der Waals surface area contributed by atoms with Crippen molar-refractivity contribution < 1.29 is 18.3 Å². The van der Waals surface area contributed by atoms with Gasteiger partial charge in [-0.25, -0.2) is 0 Å². The largest absolute Gasteiger partial charge is 0.497 e. The lowest BCUT2D eigenvalue weighted by Crippen LogP contribution is -1.89. The van der Waals surface area contributed by atoms with E-state index in [1.807, 2.05) is 48.5 Å². The third kappa shape index (κ3) is 4.67. The van der Waals surface area contributed by atoms with Crippen LogP contribution in [0.25, 0.3) is 66.8 Å². The van der Waals surface area contributed by atoms with Gasteiger partial charge in [0.25, 0.3) is 0 Å². The maximum Gasteiger partial charge on any atom is 0.143 e. The van der Waals surface area contributed by atoms with Crippen LogP contribution in [0.4, 0.5) is 0 Å². The fraction of sp³-hybridized carbons (Fsp3) is 0.103. The van der Waals surface area contributed by atoms with E-state index < -0.39 is 0 Å². The number of methoxy groups -OCH3 is 2. The molecule has 0 aliphatic carbocycles. The molecule has 0 spiro atoms. The van der Waals surface area contributed by atoms with Gasteiger partial charge in [0, 0.05) is 45.2 Å². The summed E-state index contributed by atoms with van der Waals surface area (Å²) in [6.45, 7) is 4.16. The Bertz CT molecular complexity index is 2170. The van der Waals surface area contributed by atoms with Gasteiger partial charge >= 0.3 is 0 Å². The summed E-state index contributed by atoms with van der Waals surface area (Å²) < 4.78 is 24.5. The molecule has 7 aromatic rings. The molecule has 5 aromatic carbocycles. The molecule has 0 unspecified atom stereocenters. The minimum absolute atomic E-state index is 0.601. The summed E-state index contributed by atoms with van der Waals surface area (Å²) in [5.41, 5.74) is 10.2. The van der Waals surface area contributed by atoms with Gasteiger partial charge in [-0.2, -0.15) is 5.26 Å². The van der Waals surface area contributed by atoms with Gasteiger partial charge < -0.3 is 18.3 Å². The number of hydrogen-bond donors (Lipinski definition) is 0. The molecule has 2 heterocycles. The summed E-state index contributed by atoms with van der Waals surface area (Å²) in [6, 6.07) is 36.6. The predicted molar refractivity (Wildman–Crippen MR) is 175 cm³/mol. The van der Waals surface area contributed by atoms with Crippen molar-refractivity contribution in [3.05, 3.63) is 120 Å². The summed E-state index contributed by atoms with van der Waals surface area (Å²) in [6.07, 6.45) is 0. The molecule has 0 aliphatic heterocycles. The highest BCUT2D eigenvalue weighted by molar-refractivity contribution is 6.11. The number of benzene rings is 5. The lowest BCUT2D eigenvalue weighted by atomic mass is 9.94. The molecule has 214 valence electrons. The Morgan fingerprint density at radius 1 is 0.523 bits per heavy atom. The zero-order valence-electron chi connectivity index (χ0n) is 24.9. The van der Waals surface area contributed by atoms with Crippen molar-refractivity contribution >= 4 is 21.9 Å². The molecule has 0 atom stereocenters. The van der Waals surface area contributed by atoms with E-state index in [1.54, 1.807) is 14.2 Å². The minimum Gasteiger partial charge on any atom is -0.497 e. The first-order valence-electron chi connectivity index (χ1n) is 14.4. The number of nitrogens with zero attached hydrogens (tertiary/aromatic N) is 1. The topological polar surface area (TPSA) is 68.5 Å². The van der Waals surface area contributed by atoms with Crippen LogP contribution in [0.15, 0.2) is 112 Å². The molecule has 0 fully saturated rings. The van der Waals surface area contributed by atoms with Crippen LogP contribution in [0.2, 0.25) is 0 Å². The third-order valence-electron chi connectivity index (χ3n) is 8.07. The van der Waals surface area contributed by atoms with Gasteiger partial charge in [0.2, 0.25) is 0 Å². The van der Waals surface area contributed by atoms with Gasteiger partial charge in [-0.3, -0.25) is 0 Å². The average Bonchev–Trinajstić information content (AvgIpc) is 3.62. The SMILES string of the molecule is COc1cc(OC)cc(-c2oc3cc4oc(-c5ccc(C#N)cc5)c(-c5ccc(C)cc5)c4cc3c2-c2ccc(C)cc2)c1. The van der Waals surface area contributed by atoms with Crippen molar-refractivity contribution in [2.45, 2.75) is 13.8 Å². The molecule has 0 bridgehead atoms. The second-order valence-corrected chi connectivity index (χ2v) is 11.0. The van der Waals surface area contributed by atoms with Crippen molar-refractivity contribution in [1.82, 2.24) is 0 Å². The number of furan rings is 2. The van der Waals surface area contributed by atoms with Gasteiger partial charge in [0.15, 0.2) is 0 Å². The van der Waals surface area contributed by atoms with Crippen molar-refractivity contribution in [1.29, 1.82) is 5.26 Å². The summed E-state index contributed by atoms with van der Waals surface area (Å²) in [4.78, 5) is 0. The first kappa shape index (κ1) is 27.1. The number of rotatable bonds is 6. The number of nitriles is 1. The minimum atomic E-state index is 0.601. The predicted octanol–water partition coefficient (Wildman–Crippen LogP) is 10.4. The standard InChI is InChI=1S/C39H29NO4/c1-23-5-11-26(12-6-23)36-32-20-33-35(21-34(32)43-38(36)28-15-9-25(22-40)10-16-28)44-39(37(33)27-13-7-24(2)8-14-27)29-17-30(41-3)19-31(18-29)42-4/h5-21H,1-4H3. The smallest absolute Gasteiger partial charge is 0.143 e. The number of hydrogen-bond acceptors (Lipinski definition) is 5. The van der Waals surface area contributed by atoms with Gasteiger partial charge in [0.05, 0.1) is 25.9 Å². The third-order valence-corrected chi connectivity index (χ3v) is 8.07. The van der Waals surface area contributed by atoms with Crippen molar-refractivity contribution in [2.24, 2.45) is 0 Å². The van der Waals surface area contributed by atoms with Crippen LogP contribution in [0.1, 0.15) is 16.7 Å². The molecule has 0 N–H and O–H groups in total. The zero-order chi connectivity index (χ0) is 30.4. The maximum absolute atomic E-state index is 9.36. The first-order valence-corrected chi connectivity index (χ1v) is 14.4. The molecule has 0 saturated carbocycles. The lowest BCUT2D eigenvalue weighted by molar-refractivity contribution is 0.394. The maximum atomic E-state index is 9.36. The Kier molecular flexibility index (Phi) is 6.68. The zero-order valence-corrected chi connectivity index (χ0v) is 24.9. The molecular weight excluding hydrogens is 546 g/mol. The summed E-state index contributed by atoms with van der Waals surface area (Å²) >= 11 is 0. The molecule has 0 saturated heterocycles. The Morgan fingerprint density at radius 2 is 0.977 bits per heavy atom. The van der Waals surface area contributed by atoms with Crippen LogP contribution in [-0.4, -0.2) is 14.2 Å². The van der Waals surface area contributed by atoms with Crippen LogP contribution in [0, 0.1) is 25.2 Å². The van der Waals surface area contributed by atoms with Gasteiger partial charge in [-0.1, -0.05) is 59.7 Å². The van der Waals surface area contributed by atoms with Crippen LogP contribution in [0.3, 0.4) is 0 Å². The highest BCUT2D eigenvalue weighted by Gasteiger charge is 2.24. The van der Waals surface area contributed by atoms with Crippen molar-refractivity contribution in [3.8, 4) is 62.5 Å². The van der Waals surface area contributed by atoms with Gasteiger partial charge in [0.1, 0.15) is 34.2 Å². The highest BCUT2D eigenvalue weighted by atomic mass is 16.5. The summed E-state index contributed by atoms with van der Waals surface area (Å²) in [5.74, 6) is 2.82. The molecule has 44 heavy (non-hydrogen) atoms. The average molecular weight is 576 g/mol. The fourth-order valence-electron chi connectivity index (χ4n) is 5.74. The van der Waals surface area contributed by atoms with E-state index in [4.69, 9.17) is 18.3 Å². The van der Waals surface area contributed by atoms with Gasteiger partial charge in [-0.05, 0) is 67.4 Å². The molecule has 0 aliphatic rings. The second-order valence-electron chi connectivity index (χ2n) is 11.0. The highest BCUT2D eigenvalue weighted by Crippen LogP contribution is 2.47. The lowest BCUT2D eigenvalue weighted by Gasteiger charge is -2.09. The number of ether oxygens (including phenoxy) is 2. The van der Waals surface area contributed by atoms with Crippen LogP contribution in [0.5, 0.6) is 11.5 Å². The van der Waals surface area contributed by atoms with Crippen molar-refractivity contribution in [2.75, 3.05) is 14.2 Å². The molecule has 5 heteroatoms. The van der Waals surface area contributed by atoms with Crippen LogP contribution >= 0.6 is 0 Å². The summed E-state index contributed by atoms with van der Waals surface area (Å²) in [7, 11) is 3.29. The summed E-state index contributed by atoms with van der Waals surface area (Å²) in [5, 5.41) is 11.3. The van der Waals surface area contributed by atoms with E-state index in [9.17, 15) is 5.26 Å². The quantitative estimate of drug-likeness (QED) is 0.197. The van der Waals surface area contributed by atoms with E-state index in [0.29, 0.717) is 28.2 Å². The van der Waals surface area contributed by atoms with Gasteiger partial charge in [-0.15, -0.1) is 0 Å². The Morgan fingerprint density at radius 3 is 1.43 bits per heavy atom. The number of fused-ring (bicyclic) bond motifs is 2.